The molecule has 4 atom stereocenters. The molecule has 0 saturated carbocycles. The summed E-state index contributed by atoms with van der Waals surface area (Å²) in [5.41, 5.74) is 6.09. The molecule has 1 heterocycles. The molecular formula is C17H28N6O5S. The van der Waals surface area contributed by atoms with Gasteiger partial charge in [-0.1, -0.05) is 20.3 Å². The van der Waals surface area contributed by atoms with E-state index in [2.05, 4.69) is 38.5 Å². The van der Waals surface area contributed by atoms with Crippen molar-refractivity contribution in [3.63, 3.8) is 0 Å². The van der Waals surface area contributed by atoms with E-state index in [1.165, 1.54) is 12.5 Å². The molecule has 1 aromatic rings. The highest BCUT2D eigenvalue weighted by Gasteiger charge is 2.30. The standard InChI is InChI=1S/C17H28N6O5S/c1-3-9(2)14(17(27)28)23-16(26)12(4-10-5-19-8-21-10)22-13(24)6-20-15(25)11(18)7-29/h5,8-9,11-12,14,29H,3-4,6-7,18H2,1-2H3,(H,19,21)(H,20,25)(H,22,24)(H,23,26)(H,27,28). The maximum Gasteiger partial charge on any atom is 0.326 e. The van der Waals surface area contributed by atoms with Crippen molar-refractivity contribution in [2.24, 2.45) is 11.7 Å². The zero-order valence-electron chi connectivity index (χ0n) is 16.3. The smallest absolute Gasteiger partial charge is 0.326 e. The van der Waals surface area contributed by atoms with Gasteiger partial charge in [-0.05, 0) is 5.92 Å². The number of imidazole rings is 1. The SMILES string of the molecule is CCC(C)C(NC(=O)C(Cc1cnc[nH]1)NC(=O)CNC(=O)C(N)CS)C(=O)O. The molecule has 1 aromatic heterocycles. The minimum absolute atomic E-state index is 0.0640. The molecule has 0 bridgehead atoms. The first-order chi connectivity index (χ1) is 13.7. The number of nitrogens with two attached hydrogens (primary N) is 1. The zero-order chi connectivity index (χ0) is 22.0. The monoisotopic (exact) mass is 428 g/mol. The fraction of sp³-hybridized carbons (Fsp3) is 0.588. The number of H-pyrrole nitrogens is 1. The molecule has 12 heteroatoms. The third-order valence-electron chi connectivity index (χ3n) is 4.36. The summed E-state index contributed by atoms with van der Waals surface area (Å²) in [4.78, 5) is 54.7. The zero-order valence-corrected chi connectivity index (χ0v) is 17.2. The van der Waals surface area contributed by atoms with Crippen LogP contribution in [0.4, 0.5) is 0 Å². The highest BCUT2D eigenvalue weighted by Crippen LogP contribution is 2.09. The van der Waals surface area contributed by atoms with E-state index in [9.17, 15) is 24.3 Å². The topological polar surface area (TPSA) is 179 Å². The lowest BCUT2D eigenvalue weighted by atomic mass is 9.98. The van der Waals surface area contributed by atoms with Crippen LogP contribution < -0.4 is 21.7 Å². The predicted molar refractivity (Wildman–Crippen MR) is 108 cm³/mol. The number of aromatic nitrogens is 2. The van der Waals surface area contributed by atoms with Gasteiger partial charge in [-0.15, -0.1) is 0 Å². The lowest BCUT2D eigenvalue weighted by Gasteiger charge is -2.24. The number of carbonyl (C=O) groups is 4. The van der Waals surface area contributed by atoms with Crippen molar-refractivity contribution in [1.29, 1.82) is 0 Å². The summed E-state index contributed by atoms with van der Waals surface area (Å²) in [5, 5.41) is 16.7. The first kappa shape index (κ1) is 24.4. The van der Waals surface area contributed by atoms with Crippen molar-refractivity contribution in [2.75, 3.05) is 12.3 Å². The first-order valence-electron chi connectivity index (χ1n) is 9.13. The molecule has 1 rings (SSSR count). The first-order valence-corrected chi connectivity index (χ1v) is 9.76. The molecule has 0 saturated heterocycles. The molecule has 7 N–H and O–H groups in total. The number of carbonyl (C=O) groups excluding carboxylic acids is 3. The van der Waals surface area contributed by atoms with E-state index in [4.69, 9.17) is 5.73 Å². The highest BCUT2D eigenvalue weighted by molar-refractivity contribution is 7.80. The molecule has 0 spiro atoms. The Hall–Kier alpha value is -2.60. The molecule has 29 heavy (non-hydrogen) atoms. The van der Waals surface area contributed by atoms with Crippen molar-refractivity contribution in [3.8, 4) is 0 Å². The number of hydrogen-bond acceptors (Lipinski definition) is 7. The Morgan fingerprint density at radius 2 is 1.97 bits per heavy atom. The number of nitrogens with zero attached hydrogens (tertiary/aromatic N) is 1. The Kier molecular flexibility index (Phi) is 10.2. The van der Waals surface area contributed by atoms with E-state index in [-0.39, 0.29) is 24.6 Å². The minimum Gasteiger partial charge on any atom is -0.480 e. The summed E-state index contributed by atoms with van der Waals surface area (Å²) < 4.78 is 0. The third-order valence-corrected chi connectivity index (χ3v) is 4.76. The van der Waals surface area contributed by atoms with E-state index in [1.54, 1.807) is 6.92 Å². The molecule has 162 valence electrons. The molecule has 0 radical (unpaired) electrons. The third kappa shape index (κ3) is 8.11. The van der Waals surface area contributed by atoms with Gasteiger partial charge < -0.3 is 31.8 Å². The number of aliphatic carboxylic acids is 1. The fourth-order valence-corrected chi connectivity index (χ4v) is 2.56. The van der Waals surface area contributed by atoms with Crippen LogP contribution in [0, 0.1) is 5.92 Å². The van der Waals surface area contributed by atoms with Crippen molar-refractivity contribution in [2.45, 2.75) is 44.8 Å². The van der Waals surface area contributed by atoms with Gasteiger partial charge in [0.25, 0.3) is 0 Å². The number of amides is 3. The molecule has 3 amide bonds. The van der Waals surface area contributed by atoms with Crippen LogP contribution in [0.3, 0.4) is 0 Å². The summed E-state index contributed by atoms with van der Waals surface area (Å²) in [6.45, 7) is 3.14. The lowest BCUT2D eigenvalue weighted by Crippen LogP contribution is -2.55. The van der Waals surface area contributed by atoms with E-state index < -0.39 is 41.8 Å². The van der Waals surface area contributed by atoms with Crippen molar-refractivity contribution >= 4 is 36.3 Å². The van der Waals surface area contributed by atoms with Gasteiger partial charge in [0.05, 0.1) is 18.9 Å². The second-order valence-corrected chi connectivity index (χ2v) is 6.98. The van der Waals surface area contributed by atoms with Crippen LogP contribution in [0.25, 0.3) is 0 Å². The second kappa shape index (κ2) is 12.1. The number of aromatic amines is 1. The second-order valence-electron chi connectivity index (χ2n) is 6.62. The quantitative estimate of drug-likeness (QED) is 0.196. The molecule has 0 aliphatic carbocycles. The number of thiol groups is 1. The molecule has 0 aliphatic rings. The number of carboxylic acids is 1. The van der Waals surface area contributed by atoms with Gasteiger partial charge in [0.2, 0.25) is 17.7 Å². The van der Waals surface area contributed by atoms with Crippen LogP contribution in [0.5, 0.6) is 0 Å². The van der Waals surface area contributed by atoms with Gasteiger partial charge >= 0.3 is 5.97 Å². The van der Waals surface area contributed by atoms with Gasteiger partial charge in [0, 0.05) is 24.1 Å². The Morgan fingerprint density at radius 1 is 1.28 bits per heavy atom. The van der Waals surface area contributed by atoms with E-state index in [1.807, 2.05) is 6.92 Å². The van der Waals surface area contributed by atoms with Crippen LogP contribution in [-0.4, -0.2) is 69.2 Å². The number of hydrogen-bond donors (Lipinski definition) is 7. The minimum atomic E-state index is -1.16. The van der Waals surface area contributed by atoms with E-state index in [0.29, 0.717) is 12.1 Å². The van der Waals surface area contributed by atoms with Gasteiger partial charge in [-0.3, -0.25) is 14.4 Å². The Morgan fingerprint density at radius 3 is 2.48 bits per heavy atom. The molecule has 11 nitrogen and oxygen atoms in total. The average molecular weight is 429 g/mol. The van der Waals surface area contributed by atoms with Crippen molar-refractivity contribution < 1.29 is 24.3 Å². The molecule has 0 aliphatic heterocycles. The Labute approximate surface area is 174 Å². The van der Waals surface area contributed by atoms with E-state index in [0.717, 1.165) is 0 Å². The van der Waals surface area contributed by atoms with Crippen LogP contribution in [-0.2, 0) is 25.6 Å². The summed E-state index contributed by atoms with van der Waals surface area (Å²) in [5.74, 6) is -3.18. The summed E-state index contributed by atoms with van der Waals surface area (Å²) in [6, 6.07) is -3.02. The Bertz CT molecular complexity index is 698. The summed E-state index contributed by atoms with van der Waals surface area (Å²) in [6.07, 6.45) is 3.52. The fourth-order valence-electron chi connectivity index (χ4n) is 2.39. The van der Waals surface area contributed by atoms with Crippen molar-refractivity contribution in [3.05, 3.63) is 18.2 Å². The van der Waals surface area contributed by atoms with Gasteiger partial charge in [-0.2, -0.15) is 12.6 Å². The van der Waals surface area contributed by atoms with Crippen LogP contribution in [0.1, 0.15) is 26.0 Å². The van der Waals surface area contributed by atoms with Crippen LogP contribution in [0.15, 0.2) is 12.5 Å². The largest absolute Gasteiger partial charge is 0.480 e. The molecule has 4 unspecified atom stereocenters. The van der Waals surface area contributed by atoms with Gasteiger partial charge in [-0.25, -0.2) is 9.78 Å². The Balaban J connectivity index is 2.82. The molecule has 0 fully saturated rings. The van der Waals surface area contributed by atoms with Gasteiger partial charge in [0.1, 0.15) is 12.1 Å². The van der Waals surface area contributed by atoms with Crippen LogP contribution in [0.2, 0.25) is 0 Å². The number of carboxylic acid groups (broad SMARTS) is 1. The number of nitrogens with one attached hydrogen (secondary N) is 4. The number of rotatable bonds is 12. The highest BCUT2D eigenvalue weighted by atomic mass is 32.1. The van der Waals surface area contributed by atoms with E-state index >= 15 is 0 Å². The molecule has 0 aromatic carbocycles. The van der Waals surface area contributed by atoms with Gasteiger partial charge in [0.15, 0.2) is 0 Å². The maximum atomic E-state index is 12.7. The summed E-state index contributed by atoms with van der Waals surface area (Å²) >= 11 is 3.91. The molecular weight excluding hydrogens is 400 g/mol. The maximum absolute atomic E-state index is 12.7. The normalized spacial score (nSPS) is 14.9. The van der Waals surface area contributed by atoms with Crippen LogP contribution >= 0.6 is 12.6 Å². The van der Waals surface area contributed by atoms with Crippen molar-refractivity contribution in [1.82, 2.24) is 25.9 Å². The lowest BCUT2D eigenvalue weighted by molar-refractivity contribution is -0.143. The summed E-state index contributed by atoms with van der Waals surface area (Å²) in [7, 11) is 0. The average Bonchev–Trinajstić information content (AvgIpc) is 3.21. The predicted octanol–water partition coefficient (Wildman–Crippen LogP) is -1.57.